The lowest BCUT2D eigenvalue weighted by atomic mass is 9.94. The third-order valence-corrected chi connectivity index (χ3v) is 2.51. The van der Waals surface area contributed by atoms with Gasteiger partial charge in [0, 0.05) is 12.5 Å². The van der Waals surface area contributed by atoms with Crippen molar-refractivity contribution < 1.29 is 4.79 Å². The zero-order chi connectivity index (χ0) is 11.0. The van der Waals surface area contributed by atoms with Gasteiger partial charge in [0.2, 0.25) is 5.91 Å². The summed E-state index contributed by atoms with van der Waals surface area (Å²) in [5.74, 6) is 0.320. The molecule has 14 heavy (non-hydrogen) atoms. The minimum absolute atomic E-state index is 0.207. The first-order chi connectivity index (χ1) is 6.61. The number of primary amides is 1. The fourth-order valence-corrected chi connectivity index (χ4v) is 1.68. The number of hydrogen-bond donors (Lipinski definition) is 2. The molecule has 2 atom stereocenters. The summed E-state index contributed by atoms with van der Waals surface area (Å²) < 4.78 is 0. The maximum Gasteiger partial charge on any atom is 0.218 e. The minimum atomic E-state index is -0.207. The monoisotopic (exact) mass is 200 g/mol. The number of nitrogens with one attached hydrogen (secondary N) is 1. The molecular formula is C11H24N2O. The Hall–Kier alpha value is -0.570. The normalized spacial score (nSPS) is 15.1. The van der Waals surface area contributed by atoms with Crippen molar-refractivity contribution in [3.63, 3.8) is 0 Å². The molecule has 2 unspecified atom stereocenters. The molecule has 0 bridgehead atoms. The predicted molar refractivity (Wildman–Crippen MR) is 60.0 cm³/mol. The Balaban J connectivity index is 4.00. The third-order valence-electron chi connectivity index (χ3n) is 2.51. The molecule has 3 heteroatoms. The summed E-state index contributed by atoms with van der Waals surface area (Å²) in [5, 5.41) is 3.38. The van der Waals surface area contributed by atoms with Crippen molar-refractivity contribution in [2.24, 2.45) is 11.7 Å². The molecule has 0 aliphatic carbocycles. The van der Waals surface area contributed by atoms with Crippen molar-refractivity contribution in [3.05, 3.63) is 0 Å². The van der Waals surface area contributed by atoms with Crippen LogP contribution in [0.2, 0.25) is 0 Å². The molecule has 0 aromatic carbocycles. The van der Waals surface area contributed by atoms with Gasteiger partial charge in [0.05, 0.1) is 0 Å². The standard InChI is InChI=1S/C11H24N2O/c1-4-6-9(3)10(8-11(12)14)13-7-5-2/h9-10,13H,4-8H2,1-3H3,(H2,12,14). The van der Waals surface area contributed by atoms with Crippen molar-refractivity contribution >= 4 is 5.91 Å². The highest BCUT2D eigenvalue weighted by Crippen LogP contribution is 2.13. The predicted octanol–water partition coefficient (Wildman–Crippen LogP) is 1.67. The number of rotatable bonds is 8. The highest BCUT2D eigenvalue weighted by Gasteiger charge is 2.17. The van der Waals surface area contributed by atoms with Gasteiger partial charge in [-0.15, -0.1) is 0 Å². The van der Waals surface area contributed by atoms with E-state index in [-0.39, 0.29) is 11.9 Å². The molecule has 0 aliphatic rings. The molecule has 0 aromatic heterocycles. The molecule has 0 saturated heterocycles. The van der Waals surface area contributed by atoms with E-state index in [1.54, 1.807) is 0 Å². The van der Waals surface area contributed by atoms with E-state index in [1.807, 2.05) is 0 Å². The Bertz CT molecular complexity index is 159. The van der Waals surface area contributed by atoms with Gasteiger partial charge in [0.25, 0.3) is 0 Å². The van der Waals surface area contributed by atoms with Crippen LogP contribution < -0.4 is 11.1 Å². The van der Waals surface area contributed by atoms with E-state index < -0.39 is 0 Å². The first kappa shape index (κ1) is 13.4. The topological polar surface area (TPSA) is 55.1 Å². The van der Waals surface area contributed by atoms with Crippen molar-refractivity contribution in [2.45, 2.75) is 52.5 Å². The lowest BCUT2D eigenvalue weighted by Gasteiger charge is -2.23. The van der Waals surface area contributed by atoms with Crippen LogP contribution in [0.15, 0.2) is 0 Å². The van der Waals surface area contributed by atoms with Crippen molar-refractivity contribution in [3.8, 4) is 0 Å². The van der Waals surface area contributed by atoms with Crippen LogP contribution in [0.25, 0.3) is 0 Å². The minimum Gasteiger partial charge on any atom is -0.370 e. The first-order valence-electron chi connectivity index (χ1n) is 5.63. The Morgan fingerprint density at radius 3 is 2.43 bits per heavy atom. The van der Waals surface area contributed by atoms with Gasteiger partial charge in [-0.05, 0) is 25.3 Å². The maximum atomic E-state index is 10.9. The van der Waals surface area contributed by atoms with E-state index in [4.69, 9.17) is 5.73 Å². The van der Waals surface area contributed by atoms with Crippen LogP contribution in [0, 0.1) is 5.92 Å². The van der Waals surface area contributed by atoms with Crippen LogP contribution in [-0.4, -0.2) is 18.5 Å². The Kier molecular flexibility index (Phi) is 7.48. The Labute approximate surface area is 87.4 Å². The second kappa shape index (κ2) is 7.80. The summed E-state index contributed by atoms with van der Waals surface area (Å²) in [6.07, 6.45) is 3.86. The molecule has 0 rings (SSSR count). The van der Waals surface area contributed by atoms with Gasteiger partial charge in [0.1, 0.15) is 0 Å². The molecule has 3 N–H and O–H groups in total. The lowest BCUT2D eigenvalue weighted by molar-refractivity contribution is -0.118. The maximum absolute atomic E-state index is 10.9. The fraction of sp³-hybridized carbons (Fsp3) is 0.909. The molecule has 3 nitrogen and oxygen atoms in total. The van der Waals surface area contributed by atoms with Crippen LogP contribution in [0.4, 0.5) is 0 Å². The second-order valence-electron chi connectivity index (χ2n) is 4.00. The summed E-state index contributed by atoms with van der Waals surface area (Å²) in [7, 11) is 0. The van der Waals surface area contributed by atoms with Crippen LogP contribution in [0.1, 0.15) is 46.5 Å². The van der Waals surface area contributed by atoms with Gasteiger partial charge < -0.3 is 11.1 Å². The number of carbonyl (C=O) groups excluding carboxylic acids is 1. The van der Waals surface area contributed by atoms with Gasteiger partial charge in [-0.1, -0.05) is 27.2 Å². The zero-order valence-corrected chi connectivity index (χ0v) is 9.68. The van der Waals surface area contributed by atoms with Crippen LogP contribution in [0.5, 0.6) is 0 Å². The average Bonchev–Trinajstić information content (AvgIpc) is 2.12. The van der Waals surface area contributed by atoms with Gasteiger partial charge in [-0.2, -0.15) is 0 Å². The Morgan fingerprint density at radius 1 is 1.36 bits per heavy atom. The summed E-state index contributed by atoms with van der Waals surface area (Å²) in [6.45, 7) is 7.43. The zero-order valence-electron chi connectivity index (χ0n) is 9.68. The number of carbonyl (C=O) groups is 1. The molecule has 0 radical (unpaired) electrons. The highest BCUT2D eigenvalue weighted by molar-refractivity contribution is 5.74. The van der Waals surface area contributed by atoms with E-state index >= 15 is 0 Å². The quantitative estimate of drug-likeness (QED) is 0.626. The first-order valence-corrected chi connectivity index (χ1v) is 5.63. The molecule has 84 valence electrons. The largest absolute Gasteiger partial charge is 0.370 e. The van der Waals surface area contributed by atoms with E-state index in [2.05, 4.69) is 26.1 Å². The third kappa shape index (κ3) is 5.97. The van der Waals surface area contributed by atoms with E-state index in [0.29, 0.717) is 12.3 Å². The summed E-state index contributed by atoms with van der Waals surface area (Å²) in [5.41, 5.74) is 5.22. The van der Waals surface area contributed by atoms with Gasteiger partial charge >= 0.3 is 0 Å². The highest BCUT2D eigenvalue weighted by atomic mass is 16.1. The van der Waals surface area contributed by atoms with Crippen molar-refractivity contribution in [2.75, 3.05) is 6.54 Å². The molecule has 0 aromatic rings. The van der Waals surface area contributed by atoms with Gasteiger partial charge in [-0.3, -0.25) is 4.79 Å². The summed E-state index contributed by atoms with van der Waals surface area (Å²) in [4.78, 5) is 10.9. The summed E-state index contributed by atoms with van der Waals surface area (Å²) in [6, 6.07) is 0.257. The lowest BCUT2D eigenvalue weighted by Crippen LogP contribution is -2.38. The molecule has 1 amide bonds. The number of nitrogens with two attached hydrogens (primary N) is 1. The van der Waals surface area contributed by atoms with Crippen molar-refractivity contribution in [1.82, 2.24) is 5.32 Å². The molecular weight excluding hydrogens is 176 g/mol. The van der Waals surface area contributed by atoms with E-state index in [1.165, 1.54) is 0 Å². The molecule has 0 aliphatic heterocycles. The van der Waals surface area contributed by atoms with E-state index in [0.717, 1.165) is 25.8 Å². The summed E-state index contributed by atoms with van der Waals surface area (Å²) >= 11 is 0. The molecule has 0 spiro atoms. The van der Waals surface area contributed by atoms with Crippen LogP contribution >= 0.6 is 0 Å². The van der Waals surface area contributed by atoms with Crippen LogP contribution in [0.3, 0.4) is 0 Å². The SMILES string of the molecule is CCCNC(CC(N)=O)C(C)CCC. The van der Waals surface area contributed by atoms with Gasteiger partial charge in [0.15, 0.2) is 0 Å². The smallest absolute Gasteiger partial charge is 0.218 e. The number of hydrogen-bond acceptors (Lipinski definition) is 2. The second-order valence-corrected chi connectivity index (χ2v) is 4.00. The molecule has 0 fully saturated rings. The van der Waals surface area contributed by atoms with Gasteiger partial charge in [-0.25, -0.2) is 0 Å². The van der Waals surface area contributed by atoms with E-state index in [9.17, 15) is 4.79 Å². The average molecular weight is 200 g/mol. The van der Waals surface area contributed by atoms with Crippen molar-refractivity contribution in [1.29, 1.82) is 0 Å². The van der Waals surface area contributed by atoms with Crippen LogP contribution in [-0.2, 0) is 4.79 Å². The Morgan fingerprint density at radius 2 is 2.00 bits per heavy atom. The molecule has 0 heterocycles. The fourth-order valence-electron chi connectivity index (χ4n) is 1.68. The number of amides is 1. The molecule has 0 saturated carbocycles.